The number of benzene rings is 1. The lowest BCUT2D eigenvalue weighted by atomic mass is 9.92. The van der Waals surface area contributed by atoms with E-state index in [9.17, 15) is 8.78 Å². The van der Waals surface area contributed by atoms with Crippen molar-refractivity contribution in [1.82, 2.24) is 0 Å². The predicted molar refractivity (Wildman–Crippen MR) is 60.0 cm³/mol. The molecule has 0 radical (unpaired) electrons. The molecule has 0 saturated heterocycles. The highest BCUT2D eigenvalue weighted by Gasteiger charge is 2.21. The molecule has 0 bridgehead atoms. The molecular weight excluding hydrogens is 212 g/mol. The van der Waals surface area contributed by atoms with Gasteiger partial charge in [0.25, 0.3) is 6.43 Å². The van der Waals surface area contributed by atoms with Crippen LogP contribution in [-0.4, -0.2) is 13.7 Å². The zero-order chi connectivity index (χ0) is 12.1. The first-order valence-corrected chi connectivity index (χ1v) is 5.26. The molecule has 0 aliphatic carbocycles. The molecule has 1 atom stereocenters. The van der Waals surface area contributed by atoms with Gasteiger partial charge in [-0.05, 0) is 30.5 Å². The lowest BCUT2D eigenvalue weighted by Crippen LogP contribution is -2.08. The first kappa shape index (κ1) is 12.9. The molecule has 0 aromatic heterocycles. The van der Waals surface area contributed by atoms with Gasteiger partial charge in [-0.15, -0.1) is 0 Å². The van der Waals surface area contributed by atoms with E-state index in [0.717, 1.165) is 0 Å². The van der Waals surface area contributed by atoms with Crippen molar-refractivity contribution in [2.45, 2.75) is 25.7 Å². The van der Waals surface area contributed by atoms with E-state index in [4.69, 9.17) is 10.5 Å². The Hall–Kier alpha value is -1.16. The molecule has 0 heterocycles. The maximum atomic E-state index is 13.0. The van der Waals surface area contributed by atoms with Crippen LogP contribution >= 0.6 is 0 Å². The molecule has 4 heteroatoms. The summed E-state index contributed by atoms with van der Waals surface area (Å²) in [5, 5.41) is 0. The quantitative estimate of drug-likeness (QED) is 0.842. The van der Waals surface area contributed by atoms with E-state index in [0.29, 0.717) is 18.5 Å². The third-order valence-electron chi connectivity index (χ3n) is 2.67. The summed E-state index contributed by atoms with van der Waals surface area (Å²) in [5.74, 6) is 0.264. The number of hydrogen-bond donors (Lipinski definition) is 1. The fraction of sp³-hybridized carbons (Fsp3) is 0.500. The van der Waals surface area contributed by atoms with Crippen LogP contribution in [0.5, 0.6) is 5.75 Å². The Morgan fingerprint density at radius 1 is 1.38 bits per heavy atom. The van der Waals surface area contributed by atoms with Gasteiger partial charge in [-0.2, -0.15) is 0 Å². The highest BCUT2D eigenvalue weighted by molar-refractivity contribution is 5.42. The second-order valence-corrected chi connectivity index (χ2v) is 3.74. The zero-order valence-corrected chi connectivity index (χ0v) is 9.54. The Morgan fingerprint density at radius 3 is 2.56 bits per heavy atom. The molecule has 0 saturated carbocycles. The standard InChI is InChI=1S/C12H17F2NO/c1-8(6-7-15)9-4-3-5-10(16-2)11(9)12(13)14/h3-5,8,12H,6-7,15H2,1-2H3. The van der Waals surface area contributed by atoms with Crippen LogP contribution in [0.1, 0.15) is 36.8 Å². The first-order valence-electron chi connectivity index (χ1n) is 5.26. The van der Waals surface area contributed by atoms with Gasteiger partial charge in [0.05, 0.1) is 12.7 Å². The van der Waals surface area contributed by atoms with Gasteiger partial charge in [0.2, 0.25) is 0 Å². The molecule has 0 spiro atoms. The number of halogens is 2. The minimum absolute atomic E-state index is 0.00838. The summed E-state index contributed by atoms with van der Waals surface area (Å²) in [6.45, 7) is 2.38. The van der Waals surface area contributed by atoms with Crippen LogP contribution in [0.3, 0.4) is 0 Å². The minimum Gasteiger partial charge on any atom is -0.496 e. The summed E-state index contributed by atoms with van der Waals surface area (Å²) in [6, 6.07) is 5.00. The lowest BCUT2D eigenvalue weighted by molar-refractivity contribution is 0.145. The Bertz CT molecular complexity index is 342. The third kappa shape index (κ3) is 2.70. The van der Waals surface area contributed by atoms with Crippen LogP contribution in [0.4, 0.5) is 8.78 Å². The van der Waals surface area contributed by atoms with Gasteiger partial charge in [-0.25, -0.2) is 8.78 Å². The molecule has 16 heavy (non-hydrogen) atoms. The van der Waals surface area contributed by atoms with E-state index in [1.165, 1.54) is 7.11 Å². The average Bonchev–Trinajstić information content (AvgIpc) is 2.28. The van der Waals surface area contributed by atoms with Gasteiger partial charge in [0, 0.05) is 0 Å². The fourth-order valence-corrected chi connectivity index (χ4v) is 1.81. The van der Waals surface area contributed by atoms with Crippen LogP contribution in [0.2, 0.25) is 0 Å². The zero-order valence-electron chi connectivity index (χ0n) is 9.54. The number of rotatable bonds is 5. The van der Waals surface area contributed by atoms with E-state index in [1.54, 1.807) is 18.2 Å². The van der Waals surface area contributed by atoms with Crippen molar-refractivity contribution < 1.29 is 13.5 Å². The van der Waals surface area contributed by atoms with Gasteiger partial charge in [-0.3, -0.25) is 0 Å². The van der Waals surface area contributed by atoms with Crippen molar-refractivity contribution in [3.8, 4) is 5.75 Å². The van der Waals surface area contributed by atoms with E-state index in [2.05, 4.69) is 0 Å². The molecular formula is C12H17F2NO. The van der Waals surface area contributed by atoms with Crippen molar-refractivity contribution in [3.05, 3.63) is 29.3 Å². The van der Waals surface area contributed by atoms with Gasteiger partial charge in [0.15, 0.2) is 0 Å². The van der Waals surface area contributed by atoms with Crippen LogP contribution in [-0.2, 0) is 0 Å². The number of methoxy groups -OCH3 is 1. The molecule has 1 unspecified atom stereocenters. The maximum Gasteiger partial charge on any atom is 0.267 e. The summed E-state index contributed by atoms with van der Waals surface area (Å²) in [7, 11) is 1.40. The van der Waals surface area contributed by atoms with Gasteiger partial charge >= 0.3 is 0 Å². The molecule has 0 aliphatic heterocycles. The largest absolute Gasteiger partial charge is 0.496 e. The molecule has 90 valence electrons. The summed E-state index contributed by atoms with van der Waals surface area (Å²) in [5.41, 5.74) is 6.06. The number of hydrogen-bond acceptors (Lipinski definition) is 2. The second-order valence-electron chi connectivity index (χ2n) is 3.74. The molecule has 2 N–H and O–H groups in total. The Morgan fingerprint density at radius 2 is 2.06 bits per heavy atom. The van der Waals surface area contributed by atoms with Crippen LogP contribution in [0.25, 0.3) is 0 Å². The summed E-state index contributed by atoms with van der Waals surface area (Å²) in [6.07, 6.45) is -1.83. The Labute approximate surface area is 94.4 Å². The Balaban J connectivity index is 3.16. The molecule has 0 aliphatic rings. The fourth-order valence-electron chi connectivity index (χ4n) is 1.81. The SMILES string of the molecule is COc1cccc(C(C)CCN)c1C(F)F. The van der Waals surface area contributed by atoms with Crippen molar-refractivity contribution in [2.75, 3.05) is 13.7 Å². The first-order chi connectivity index (χ1) is 7.61. The summed E-state index contributed by atoms with van der Waals surface area (Å²) >= 11 is 0. The smallest absolute Gasteiger partial charge is 0.267 e. The van der Waals surface area contributed by atoms with E-state index in [1.807, 2.05) is 6.92 Å². The van der Waals surface area contributed by atoms with Crippen molar-refractivity contribution in [2.24, 2.45) is 5.73 Å². The van der Waals surface area contributed by atoms with E-state index in [-0.39, 0.29) is 17.2 Å². The Kier molecular flexibility index (Phi) is 4.68. The molecule has 0 amide bonds. The third-order valence-corrected chi connectivity index (χ3v) is 2.67. The van der Waals surface area contributed by atoms with Crippen molar-refractivity contribution in [3.63, 3.8) is 0 Å². The van der Waals surface area contributed by atoms with Gasteiger partial charge in [-0.1, -0.05) is 19.1 Å². The summed E-state index contributed by atoms with van der Waals surface area (Å²) in [4.78, 5) is 0. The van der Waals surface area contributed by atoms with E-state index < -0.39 is 6.43 Å². The minimum atomic E-state index is -2.52. The number of ether oxygens (including phenoxy) is 1. The number of alkyl halides is 2. The van der Waals surface area contributed by atoms with Crippen LogP contribution < -0.4 is 10.5 Å². The highest BCUT2D eigenvalue weighted by Crippen LogP contribution is 2.36. The molecule has 2 nitrogen and oxygen atoms in total. The summed E-state index contributed by atoms with van der Waals surface area (Å²) < 4.78 is 30.9. The average molecular weight is 229 g/mol. The van der Waals surface area contributed by atoms with Crippen LogP contribution in [0, 0.1) is 0 Å². The van der Waals surface area contributed by atoms with E-state index >= 15 is 0 Å². The van der Waals surface area contributed by atoms with Crippen molar-refractivity contribution in [1.29, 1.82) is 0 Å². The molecule has 1 rings (SSSR count). The van der Waals surface area contributed by atoms with Crippen molar-refractivity contribution >= 4 is 0 Å². The number of nitrogens with two attached hydrogens (primary N) is 1. The normalized spacial score (nSPS) is 12.9. The maximum absolute atomic E-state index is 13.0. The second kappa shape index (κ2) is 5.80. The van der Waals surface area contributed by atoms with Gasteiger partial charge in [0.1, 0.15) is 5.75 Å². The topological polar surface area (TPSA) is 35.2 Å². The molecule has 0 fully saturated rings. The highest BCUT2D eigenvalue weighted by atomic mass is 19.3. The van der Waals surface area contributed by atoms with Crippen LogP contribution in [0.15, 0.2) is 18.2 Å². The predicted octanol–water partition coefficient (Wildman–Crippen LogP) is 3.09. The van der Waals surface area contributed by atoms with Gasteiger partial charge < -0.3 is 10.5 Å². The molecule has 1 aromatic carbocycles. The monoisotopic (exact) mass is 229 g/mol. The lowest BCUT2D eigenvalue weighted by Gasteiger charge is -2.17. The molecule has 1 aromatic rings.